The quantitative estimate of drug-likeness (QED) is 0.623. The second-order valence-corrected chi connectivity index (χ2v) is 7.02. The summed E-state index contributed by atoms with van der Waals surface area (Å²) in [6, 6.07) is 0.862. The van der Waals surface area contributed by atoms with E-state index in [0.29, 0.717) is 11.0 Å². The minimum Gasteiger partial charge on any atom is -0.308 e. The fourth-order valence-corrected chi connectivity index (χ4v) is 4.42. The number of rotatable bonds is 0. The Kier molecular flexibility index (Phi) is 1.68. The van der Waals surface area contributed by atoms with E-state index in [1.807, 2.05) is 0 Å². The molecule has 2 saturated heterocycles. The predicted molar refractivity (Wildman–Crippen MR) is 59.2 cm³/mol. The molecule has 1 nitrogen and oxygen atoms in total. The third-order valence-corrected chi connectivity index (χ3v) is 5.09. The number of nitrogens with one attached hydrogen (secondary N) is 1. The highest BCUT2D eigenvalue weighted by Gasteiger charge is 2.55. The average molecular weight is 193 g/mol. The van der Waals surface area contributed by atoms with Gasteiger partial charge in [-0.2, -0.15) is 0 Å². The van der Waals surface area contributed by atoms with Gasteiger partial charge in [-0.25, -0.2) is 0 Å². The molecule has 1 N–H and O–H groups in total. The molecule has 4 rings (SSSR count). The second-order valence-electron chi connectivity index (χ2n) is 7.02. The maximum atomic E-state index is 3.97. The Balaban J connectivity index is 1.95. The van der Waals surface area contributed by atoms with Crippen molar-refractivity contribution < 1.29 is 0 Å². The lowest BCUT2D eigenvalue weighted by Gasteiger charge is -2.62. The van der Waals surface area contributed by atoms with Crippen LogP contribution in [0, 0.1) is 17.3 Å². The van der Waals surface area contributed by atoms with Crippen LogP contribution in [0.5, 0.6) is 0 Å². The molecule has 0 radical (unpaired) electrons. The van der Waals surface area contributed by atoms with Crippen LogP contribution in [0.3, 0.4) is 0 Å². The van der Waals surface area contributed by atoms with Gasteiger partial charge in [0.05, 0.1) is 0 Å². The summed E-state index contributed by atoms with van der Waals surface area (Å²) in [7, 11) is 0. The van der Waals surface area contributed by atoms with Gasteiger partial charge in [0.25, 0.3) is 0 Å². The number of hydrogen-bond acceptors (Lipinski definition) is 1. The van der Waals surface area contributed by atoms with E-state index in [-0.39, 0.29) is 0 Å². The molecule has 0 spiro atoms. The van der Waals surface area contributed by atoms with Crippen LogP contribution in [-0.2, 0) is 0 Å². The Hall–Kier alpha value is -0.0400. The standard InChI is InChI=1S/C13H23N/c1-12(2,3)13-7-9-4-10(8-13)6-11(5-9)14-13/h9-11,14H,4-8H2,1-3H3. The van der Waals surface area contributed by atoms with Gasteiger partial charge in [0, 0.05) is 11.6 Å². The van der Waals surface area contributed by atoms with Crippen LogP contribution in [0.4, 0.5) is 0 Å². The Morgan fingerprint density at radius 3 is 2.00 bits per heavy atom. The lowest BCUT2D eigenvalue weighted by molar-refractivity contribution is -0.0593. The van der Waals surface area contributed by atoms with Gasteiger partial charge >= 0.3 is 0 Å². The van der Waals surface area contributed by atoms with E-state index in [1.54, 1.807) is 0 Å². The topological polar surface area (TPSA) is 12.0 Å². The third-order valence-electron chi connectivity index (χ3n) is 5.09. The van der Waals surface area contributed by atoms with E-state index in [2.05, 4.69) is 26.1 Å². The molecule has 1 heteroatoms. The van der Waals surface area contributed by atoms with Crippen LogP contribution < -0.4 is 5.32 Å². The summed E-state index contributed by atoms with van der Waals surface area (Å²) in [4.78, 5) is 0. The molecule has 2 unspecified atom stereocenters. The zero-order valence-corrected chi connectivity index (χ0v) is 9.77. The molecule has 2 aliphatic carbocycles. The molecule has 14 heavy (non-hydrogen) atoms. The van der Waals surface area contributed by atoms with Gasteiger partial charge in [0.15, 0.2) is 0 Å². The lowest BCUT2D eigenvalue weighted by atomic mass is 9.52. The molecule has 4 fully saturated rings. The molecule has 80 valence electrons. The van der Waals surface area contributed by atoms with Gasteiger partial charge in [-0.1, -0.05) is 20.8 Å². The molecule has 2 atom stereocenters. The van der Waals surface area contributed by atoms with Gasteiger partial charge in [-0.15, -0.1) is 0 Å². The van der Waals surface area contributed by atoms with Crippen LogP contribution >= 0.6 is 0 Å². The van der Waals surface area contributed by atoms with Gasteiger partial charge < -0.3 is 5.32 Å². The molecule has 2 heterocycles. The molecular weight excluding hydrogens is 170 g/mol. The Labute approximate surface area is 87.7 Å². The van der Waals surface area contributed by atoms with E-state index < -0.39 is 0 Å². The van der Waals surface area contributed by atoms with E-state index >= 15 is 0 Å². The van der Waals surface area contributed by atoms with Gasteiger partial charge in [0.2, 0.25) is 0 Å². The molecule has 0 amide bonds. The summed E-state index contributed by atoms with van der Waals surface area (Å²) in [5, 5.41) is 3.97. The van der Waals surface area contributed by atoms with Crippen LogP contribution in [0.2, 0.25) is 0 Å². The van der Waals surface area contributed by atoms with Crippen molar-refractivity contribution in [3.05, 3.63) is 0 Å². The molecule has 0 aromatic rings. The number of piperidine rings is 2. The molecule has 4 bridgehead atoms. The lowest BCUT2D eigenvalue weighted by Crippen LogP contribution is -2.69. The fourth-order valence-electron chi connectivity index (χ4n) is 4.42. The fraction of sp³-hybridized carbons (Fsp3) is 1.00. The van der Waals surface area contributed by atoms with Crippen molar-refractivity contribution >= 4 is 0 Å². The first-order chi connectivity index (χ1) is 6.48. The minimum absolute atomic E-state index is 0.447. The van der Waals surface area contributed by atoms with Gasteiger partial charge in [0.1, 0.15) is 0 Å². The maximum Gasteiger partial charge on any atom is 0.0237 e. The summed E-state index contributed by atoms with van der Waals surface area (Å²) in [5.74, 6) is 2.10. The molecule has 2 aliphatic heterocycles. The first-order valence-corrected chi connectivity index (χ1v) is 6.26. The van der Waals surface area contributed by atoms with Crippen LogP contribution in [0.15, 0.2) is 0 Å². The molecule has 0 aromatic carbocycles. The van der Waals surface area contributed by atoms with E-state index in [4.69, 9.17) is 0 Å². The number of hydrogen-bond donors (Lipinski definition) is 1. The average Bonchev–Trinajstić information content (AvgIpc) is 1.98. The largest absolute Gasteiger partial charge is 0.308 e. The first-order valence-electron chi connectivity index (χ1n) is 6.26. The third kappa shape index (κ3) is 1.11. The predicted octanol–water partition coefficient (Wildman–Crippen LogP) is 2.95. The molecular formula is C13H23N. The van der Waals surface area contributed by atoms with Crippen molar-refractivity contribution in [1.82, 2.24) is 5.32 Å². The smallest absolute Gasteiger partial charge is 0.0237 e. The highest BCUT2D eigenvalue weighted by molar-refractivity contribution is 5.12. The van der Waals surface area contributed by atoms with E-state index in [1.165, 1.54) is 32.1 Å². The van der Waals surface area contributed by atoms with Crippen molar-refractivity contribution in [1.29, 1.82) is 0 Å². The molecule has 0 aromatic heterocycles. The Morgan fingerprint density at radius 2 is 1.57 bits per heavy atom. The van der Waals surface area contributed by atoms with Crippen LogP contribution in [0.1, 0.15) is 52.9 Å². The van der Waals surface area contributed by atoms with Crippen LogP contribution in [-0.4, -0.2) is 11.6 Å². The summed E-state index contributed by atoms with van der Waals surface area (Å²) < 4.78 is 0. The van der Waals surface area contributed by atoms with Crippen molar-refractivity contribution in [3.63, 3.8) is 0 Å². The summed E-state index contributed by atoms with van der Waals surface area (Å²) >= 11 is 0. The Morgan fingerprint density at radius 1 is 1.00 bits per heavy atom. The molecule has 2 saturated carbocycles. The van der Waals surface area contributed by atoms with Crippen molar-refractivity contribution in [2.24, 2.45) is 17.3 Å². The molecule has 4 aliphatic rings. The van der Waals surface area contributed by atoms with Crippen molar-refractivity contribution in [2.45, 2.75) is 64.5 Å². The Bertz CT molecular complexity index is 213. The van der Waals surface area contributed by atoms with Crippen LogP contribution in [0.25, 0.3) is 0 Å². The minimum atomic E-state index is 0.447. The first kappa shape index (κ1) is 9.21. The van der Waals surface area contributed by atoms with Crippen molar-refractivity contribution in [2.75, 3.05) is 0 Å². The highest BCUT2D eigenvalue weighted by Crippen LogP contribution is 2.55. The monoisotopic (exact) mass is 193 g/mol. The summed E-state index contributed by atoms with van der Waals surface area (Å²) in [5.41, 5.74) is 0.935. The SMILES string of the molecule is CC(C)(C)C12CC3CC(CC(C3)N1)C2. The second kappa shape index (κ2) is 2.55. The van der Waals surface area contributed by atoms with Gasteiger partial charge in [-0.3, -0.25) is 0 Å². The summed E-state index contributed by atoms with van der Waals surface area (Å²) in [6.45, 7) is 7.27. The van der Waals surface area contributed by atoms with E-state index in [0.717, 1.165) is 17.9 Å². The van der Waals surface area contributed by atoms with Crippen molar-refractivity contribution in [3.8, 4) is 0 Å². The maximum absolute atomic E-state index is 3.97. The van der Waals surface area contributed by atoms with Gasteiger partial charge in [-0.05, 0) is 49.4 Å². The normalized spacial score (nSPS) is 51.2. The zero-order chi connectivity index (χ0) is 9.97. The zero-order valence-electron chi connectivity index (χ0n) is 9.77. The van der Waals surface area contributed by atoms with E-state index in [9.17, 15) is 0 Å². The summed E-state index contributed by atoms with van der Waals surface area (Å²) in [6.07, 6.45) is 7.37. The highest BCUT2D eigenvalue weighted by atomic mass is 15.1.